The first kappa shape index (κ1) is 15.6. The molecule has 1 N–H and O–H groups in total. The van der Waals surface area contributed by atoms with Crippen molar-refractivity contribution in [1.82, 2.24) is 10.2 Å². The van der Waals surface area contributed by atoms with Gasteiger partial charge in [-0.15, -0.1) is 0 Å². The number of likely N-dealkylation sites (tertiary alicyclic amines) is 1. The zero-order valence-corrected chi connectivity index (χ0v) is 11.6. The summed E-state index contributed by atoms with van der Waals surface area (Å²) in [6, 6.07) is 0. The molecule has 0 aromatic rings. The van der Waals surface area contributed by atoms with Gasteiger partial charge in [-0.3, -0.25) is 4.79 Å². The van der Waals surface area contributed by atoms with Crippen LogP contribution < -0.4 is 5.32 Å². The monoisotopic (exact) mass is 294 g/mol. The van der Waals surface area contributed by atoms with Crippen molar-refractivity contribution < 1.29 is 22.7 Å². The second-order valence-corrected chi connectivity index (χ2v) is 5.48. The molecule has 2 rings (SSSR count). The van der Waals surface area contributed by atoms with Crippen LogP contribution in [0.1, 0.15) is 26.2 Å². The Morgan fingerprint density at radius 3 is 2.80 bits per heavy atom. The highest BCUT2D eigenvalue weighted by molar-refractivity contribution is 5.84. The number of carbonyl (C=O) groups is 1. The molecule has 0 radical (unpaired) electrons. The molecule has 2 aliphatic rings. The molecule has 2 fully saturated rings. The molecule has 0 saturated carbocycles. The first-order valence-electron chi connectivity index (χ1n) is 7.09. The van der Waals surface area contributed by atoms with Crippen LogP contribution in [0.15, 0.2) is 0 Å². The molecule has 0 bridgehead atoms. The van der Waals surface area contributed by atoms with Crippen LogP contribution in [0.5, 0.6) is 0 Å². The number of halogens is 3. The zero-order valence-electron chi connectivity index (χ0n) is 11.6. The first-order valence-corrected chi connectivity index (χ1v) is 7.09. The summed E-state index contributed by atoms with van der Waals surface area (Å²) in [6.45, 7) is 2.93. The lowest BCUT2D eigenvalue weighted by molar-refractivity contribution is -0.223. The third kappa shape index (κ3) is 2.79. The fraction of sp³-hybridized carbons (Fsp3) is 0.923. The molecule has 2 heterocycles. The molecule has 4 nitrogen and oxygen atoms in total. The number of hydrogen-bond acceptors (Lipinski definition) is 3. The van der Waals surface area contributed by atoms with Crippen molar-refractivity contribution >= 4 is 5.91 Å². The smallest absolute Gasteiger partial charge is 0.377 e. The SMILES string of the molecule is CCOC1CCCN(C(=O)C2(C(F)(F)F)CCNC2)C1. The molecule has 2 aliphatic heterocycles. The Kier molecular flexibility index (Phi) is 4.59. The van der Waals surface area contributed by atoms with Gasteiger partial charge in [0, 0.05) is 26.2 Å². The molecule has 2 saturated heterocycles. The predicted octanol–water partition coefficient (Wildman–Crippen LogP) is 1.56. The number of piperidine rings is 1. The normalized spacial score (nSPS) is 31.6. The molecule has 116 valence electrons. The topological polar surface area (TPSA) is 41.6 Å². The summed E-state index contributed by atoms with van der Waals surface area (Å²) >= 11 is 0. The van der Waals surface area contributed by atoms with E-state index in [0.29, 0.717) is 19.6 Å². The van der Waals surface area contributed by atoms with Crippen molar-refractivity contribution in [3.8, 4) is 0 Å². The van der Waals surface area contributed by atoms with E-state index in [9.17, 15) is 18.0 Å². The summed E-state index contributed by atoms with van der Waals surface area (Å²) in [5.74, 6) is -0.792. The molecule has 0 aliphatic carbocycles. The van der Waals surface area contributed by atoms with Crippen LogP contribution in [0.25, 0.3) is 0 Å². The predicted molar refractivity (Wildman–Crippen MR) is 67.2 cm³/mol. The van der Waals surface area contributed by atoms with E-state index in [4.69, 9.17) is 4.74 Å². The molecule has 0 spiro atoms. The fourth-order valence-corrected chi connectivity index (χ4v) is 3.03. The number of carbonyl (C=O) groups excluding carboxylic acids is 1. The zero-order chi connectivity index (χ0) is 14.8. The highest BCUT2D eigenvalue weighted by Gasteiger charge is 2.62. The summed E-state index contributed by atoms with van der Waals surface area (Å²) < 4.78 is 45.5. The van der Waals surface area contributed by atoms with Crippen LogP contribution in [0.3, 0.4) is 0 Å². The third-order valence-electron chi connectivity index (χ3n) is 4.18. The number of rotatable bonds is 3. The quantitative estimate of drug-likeness (QED) is 0.859. The number of hydrogen-bond donors (Lipinski definition) is 1. The lowest BCUT2D eigenvalue weighted by atomic mass is 9.84. The highest BCUT2D eigenvalue weighted by atomic mass is 19.4. The molecule has 2 atom stereocenters. The largest absolute Gasteiger partial charge is 0.404 e. The van der Waals surface area contributed by atoms with Crippen LogP contribution in [-0.4, -0.2) is 55.9 Å². The molecule has 7 heteroatoms. The number of nitrogens with zero attached hydrogens (tertiary/aromatic N) is 1. The molecule has 1 amide bonds. The van der Waals surface area contributed by atoms with Gasteiger partial charge in [0.2, 0.25) is 5.91 Å². The van der Waals surface area contributed by atoms with E-state index in [0.717, 1.165) is 6.42 Å². The van der Waals surface area contributed by atoms with Gasteiger partial charge in [-0.2, -0.15) is 13.2 Å². The van der Waals surface area contributed by atoms with Gasteiger partial charge in [-0.1, -0.05) is 0 Å². The Hall–Kier alpha value is -0.820. The van der Waals surface area contributed by atoms with Crippen LogP contribution in [-0.2, 0) is 9.53 Å². The molecular formula is C13H21F3N2O2. The first-order chi connectivity index (χ1) is 9.40. The van der Waals surface area contributed by atoms with Gasteiger partial charge < -0.3 is 15.0 Å². The van der Waals surface area contributed by atoms with Crippen molar-refractivity contribution in [3.05, 3.63) is 0 Å². The minimum absolute atomic E-state index is 0.141. The minimum atomic E-state index is -4.51. The molecule has 0 aromatic heterocycles. The van der Waals surface area contributed by atoms with E-state index in [2.05, 4.69) is 5.32 Å². The average Bonchev–Trinajstić information content (AvgIpc) is 2.89. The van der Waals surface area contributed by atoms with Gasteiger partial charge in [0.05, 0.1) is 6.10 Å². The van der Waals surface area contributed by atoms with E-state index in [1.807, 2.05) is 6.92 Å². The lowest BCUT2D eigenvalue weighted by Gasteiger charge is -2.39. The third-order valence-corrected chi connectivity index (χ3v) is 4.18. The van der Waals surface area contributed by atoms with E-state index < -0.39 is 17.5 Å². The number of nitrogens with one attached hydrogen (secondary N) is 1. The van der Waals surface area contributed by atoms with Gasteiger partial charge in [0.25, 0.3) is 0 Å². The average molecular weight is 294 g/mol. The summed E-state index contributed by atoms with van der Waals surface area (Å²) in [5.41, 5.74) is -2.25. The van der Waals surface area contributed by atoms with Gasteiger partial charge in [-0.25, -0.2) is 0 Å². The van der Waals surface area contributed by atoms with Crippen molar-refractivity contribution in [3.63, 3.8) is 0 Å². The Morgan fingerprint density at radius 2 is 2.25 bits per heavy atom. The maximum atomic E-state index is 13.3. The number of amides is 1. The van der Waals surface area contributed by atoms with E-state index in [1.165, 1.54) is 4.90 Å². The van der Waals surface area contributed by atoms with Crippen molar-refractivity contribution in [2.24, 2.45) is 5.41 Å². The summed E-state index contributed by atoms with van der Waals surface area (Å²) in [7, 11) is 0. The van der Waals surface area contributed by atoms with E-state index in [1.54, 1.807) is 0 Å². The second-order valence-electron chi connectivity index (χ2n) is 5.48. The molecular weight excluding hydrogens is 273 g/mol. The Bertz CT molecular complexity index is 352. The van der Waals surface area contributed by atoms with Crippen LogP contribution >= 0.6 is 0 Å². The van der Waals surface area contributed by atoms with E-state index >= 15 is 0 Å². The van der Waals surface area contributed by atoms with Crippen LogP contribution in [0.2, 0.25) is 0 Å². The Balaban J connectivity index is 2.12. The van der Waals surface area contributed by atoms with Gasteiger partial charge in [0.1, 0.15) is 0 Å². The number of alkyl halides is 3. The maximum Gasteiger partial charge on any atom is 0.404 e. The van der Waals surface area contributed by atoms with Gasteiger partial charge >= 0.3 is 6.18 Å². The number of ether oxygens (including phenoxy) is 1. The maximum absolute atomic E-state index is 13.3. The second kappa shape index (κ2) is 5.89. The van der Waals surface area contributed by atoms with Crippen LogP contribution in [0, 0.1) is 5.41 Å². The summed E-state index contributed by atoms with van der Waals surface area (Å²) in [4.78, 5) is 13.8. The standard InChI is InChI=1S/C13H21F3N2O2/c1-2-20-10-4-3-7-18(8-10)11(19)12(13(14,15)16)5-6-17-9-12/h10,17H,2-9H2,1H3. The highest BCUT2D eigenvalue weighted by Crippen LogP contribution is 2.44. The Morgan fingerprint density at radius 1 is 1.50 bits per heavy atom. The minimum Gasteiger partial charge on any atom is -0.377 e. The summed E-state index contributed by atoms with van der Waals surface area (Å²) in [5, 5.41) is 2.68. The van der Waals surface area contributed by atoms with Crippen molar-refractivity contribution in [2.45, 2.75) is 38.5 Å². The lowest BCUT2D eigenvalue weighted by Crippen LogP contribution is -2.56. The van der Waals surface area contributed by atoms with Crippen molar-refractivity contribution in [1.29, 1.82) is 0 Å². The fourth-order valence-electron chi connectivity index (χ4n) is 3.03. The summed E-state index contributed by atoms with van der Waals surface area (Å²) in [6.07, 6.45) is -3.33. The van der Waals surface area contributed by atoms with Gasteiger partial charge in [0.15, 0.2) is 5.41 Å². The van der Waals surface area contributed by atoms with Crippen LogP contribution in [0.4, 0.5) is 13.2 Å². The van der Waals surface area contributed by atoms with Crippen molar-refractivity contribution in [2.75, 3.05) is 32.8 Å². The van der Waals surface area contributed by atoms with Gasteiger partial charge in [-0.05, 0) is 32.7 Å². The molecule has 0 aromatic carbocycles. The molecule has 2 unspecified atom stereocenters. The van der Waals surface area contributed by atoms with E-state index in [-0.39, 0.29) is 32.2 Å². The Labute approximate surface area is 116 Å². The molecule has 20 heavy (non-hydrogen) atoms.